The Morgan fingerprint density at radius 2 is 1.92 bits per heavy atom. The van der Waals surface area contributed by atoms with Gasteiger partial charge in [0.2, 0.25) is 0 Å². The number of hydrogen-bond donors (Lipinski definition) is 0. The number of rotatable bonds is 4. The van der Waals surface area contributed by atoms with E-state index >= 15 is 0 Å². The van der Waals surface area contributed by atoms with Crippen molar-refractivity contribution < 1.29 is 4.79 Å². The van der Waals surface area contributed by atoms with Crippen LogP contribution in [0.2, 0.25) is 0 Å². The third kappa shape index (κ3) is 2.87. The van der Waals surface area contributed by atoms with E-state index in [9.17, 15) is 4.79 Å². The van der Waals surface area contributed by atoms with Crippen LogP contribution in [0.25, 0.3) is 0 Å². The number of benzene rings is 1. The van der Waals surface area contributed by atoms with Crippen molar-refractivity contribution in [2.45, 2.75) is 26.2 Å². The van der Waals surface area contributed by atoms with Crippen molar-refractivity contribution in [2.75, 3.05) is 0 Å². The van der Waals surface area contributed by atoms with Crippen LogP contribution in [0, 0.1) is 6.92 Å². The highest BCUT2D eigenvalue weighted by Gasteiger charge is 1.92. The van der Waals surface area contributed by atoms with Gasteiger partial charge in [0.05, 0.1) is 0 Å². The van der Waals surface area contributed by atoms with Gasteiger partial charge in [0.1, 0.15) is 0 Å². The normalized spacial score (nSPS) is 9.75. The van der Waals surface area contributed by atoms with Crippen LogP contribution >= 0.6 is 0 Å². The van der Waals surface area contributed by atoms with E-state index in [2.05, 4.69) is 31.2 Å². The van der Waals surface area contributed by atoms with E-state index in [1.165, 1.54) is 11.1 Å². The first kappa shape index (κ1) is 8.98. The molecule has 0 fully saturated rings. The third-order valence-electron chi connectivity index (χ3n) is 1.86. The fourth-order valence-corrected chi connectivity index (χ4v) is 1.12. The SMILES string of the molecule is Cc1ccc(CCC[C]=O)cc1. The van der Waals surface area contributed by atoms with Crippen molar-refractivity contribution in [3.63, 3.8) is 0 Å². The van der Waals surface area contributed by atoms with Gasteiger partial charge >= 0.3 is 0 Å². The second kappa shape index (κ2) is 4.70. The zero-order valence-corrected chi connectivity index (χ0v) is 7.34. The molecule has 0 atom stereocenters. The van der Waals surface area contributed by atoms with E-state index in [1.807, 2.05) is 6.29 Å². The van der Waals surface area contributed by atoms with E-state index in [-0.39, 0.29) is 0 Å². The van der Waals surface area contributed by atoms with E-state index in [4.69, 9.17) is 0 Å². The quantitative estimate of drug-likeness (QED) is 0.620. The summed E-state index contributed by atoms with van der Waals surface area (Å²) >= 11 is 0. The Morgan fingerprint density at radius 3 is 2.50 bits per heavy atom. The van der Waals surface area contributed by atoms with Crippen LogP contribution in [0.4, 0.5) is 0 Å². The van der Waals surface area contributed by atoms with Crippen LogP contribution in [0.3, 0.4) is 0 Å². The lowest BCUT2D eigenvalue weighted by Crippen LogP contribution is -1.85. The maximum absolute atomic E-state index is 9.92. The molecule has 0 N–H and O–H groups in total. The van der Waals surface area contributed by atoms with Crippen LogP contribution in [0.5, 0.6) is 0 Å². The molecule has 0 aliphatic rings. The molecule has 1 aromatic rings. The van der Waals surface area contributed by atoms with Gasteiger partial charge in [-0.25, -0.2) is 0 Å². The summed E-state index contributed by atoms with van der Waals surface area (Å²) in [6.45, 7) is 2.07. The average molecular weight is 161 g/mol. The fraction of sp³-hybridized carbons (Fsp3) is 0.364. The van der Waals surface area contributed by atoms with E-state index in [0.717, 1.165) is 12.8 Å². The predicted molar refractivity (Wildman–Crippen MR) is 49.8 cm³/mol. The number of hydrogen-bond acceptors (Lipinski definition) is 1. The summed E-state index contributed by atoms with van der Waals surface area (Å²) < 4.78 is 0. The summed E-state index contributed by atoms with van der Waals surface area (Å²) in [7, 11) is 0. The molecule has 1 heteroatoms. The smallest absolute Gasteiger partial charge is 0.198 e. The topological polar surface area (TPSA) is 17.1 Å². The molecule has 1 nitrogen and oxygen atoms in total. The summed E-state index contributed by atoms with van der Waals surface area (Å²) in [5.74, 6) is 0. The molecular weight excluding hydrogens is 148 g/mol. The molecule has 1 aromatic carbocycles. The van der Waals surface area contributed by atoms with Crippen molar-refractivity contribution in [1.29, 1.82) is 0 Å². The molecule has 63 valence electrons. The third-order valence-corrected chi connectivity index (χ3v) is 1.86. The largest absolute Gasteiger partial charge is 0.291 e. The second-order valence-corrected chi connectivity index (χ2v) is 2.98. The Kier molecular flexibility index (Phi) is 3.52. The predicted octanol–water partition coefficient (Wildman–Crippen LogP) is 2.43. The van der Waals surface area contributed by atoms with Gasteiger partial charge in [-0.1, -0.05) is 29.8 Å². The van der Waals surface area contributed by atoms with Crippen LogP contribution in [0.1, 0.15) is 24.0 Å². The van der Waals surface area contributed by atoms with Gasteiger partial charge in [0.25, 0.3) is 0 Å². The summed E-state index contributed by atoms with van der Waals surface area (Å²) in [5, 5.41) is 0. The van der Waals surface area contributed by atoms with Gasteiger partial charge in [-0.3, -0.25) is 4.79 Å². The first-order valence-corrected chi connectivity index (χ1v) is 4.23. The van der Waals surface area contributed by atoms with Crippen molar-refractivity contribution in [2.24, 2.45) is 0 Å². The standard InChI is InChI=1S/C11H13O/c1-10-5-7-11(8-6-10)4-2-3-9-12/h5-8H,2-4H2,1H3. The van der Waals surface area contributed by atoms with Crippen LogP contribution in [0.15, 0.2) is 24.3 Å². The Balaban J connectivity index is 2.42. The minimum Gasteiger partial charge on any atom is -0.291 e. The molecule has 0 heterocycles. The van der Waals surface area contributed by atoms with E-state index in [1.54, 1.807) is 0 Å². The molecule has 0 spiro atoms. The summed E-state index contributed by atoms with van der Waals surface area (Å²) in [6, 6.07) is 8.42. The Bertz CT molecular complexity index is 236. The Morgan fingerprint density at radius 1 is 1.25 bits per heavy atom. The number of carbonyl (C=O) groups excluding carboxylic acids is 1. The monoisotopic (exact) mass is 161 g/mol. The first-order chi connectivity index (χ1) is 5.83. The molecule has 0 saturated carbocycles. The highest BCUT2D eigenvalue weighted by molar-refractivity contribution is 5.50. The highest BCUT2D eigenvalue weighted by Crippen LogP contribution is 2.06. The molecule has 0 bridgehead atoms. The lowest BCUT2D eigenvalue weighted by atomic mass is 10.1. The molecule has 1 radical (unpaired) electrons. The van der Waals surface area contributed by atoms with Crippen LogP contribution in [-0.4, -0.2) is 6.29 Å². The molecule has 1 rings (SSSR count). The minimum atomic E-state index is 0.549. The Hall–Kier alpha value is -1.11. The lowest BCUT2D eigenvalue weighted by molar-refractivity contribution is 0.548. The fourth-order valence-electron chi connectivity index (χ4n) is 1.12. The first-order valence-electron chi connectivity index (χ1n) is 4.23. The molecule has 0 aromatic heterocycles. The van der Waals surface area contributed by atoms with Crippen molar-refractivity contribution >= 4 is 6.29 Å². The zero-order chi connectivity index (χ0) is 8.81. The molecule has 0 aliphatic heterocycles. The molecule has 0 saturated heterocycles. The maximum atomic E-state index is 9.92. The van der Waals surface area contributed by atoms with Gasteiger partial charge in [-0.2, -0.15) is 0 Å². The Labute approximate surface area is 73.4 Å². The summed E-state index contributed by atoms with van der Waals surface area (Å²) in [6.07, 6.45) is 4.34. The number of unbranched alkanes of at least 4 members (excludes halogenated alkanes) is 1. The minimum absolute atomic E-state index is 0.549. The molecule has 0 unspecified atom stereocenters. The maximum Gasteiger partial charge on any atom is 0.198 e. The second-order valence-electron chi connectivity index (χ2n) is 2.98. The van der Waals surface area contributed by atoms with Gasteiger partial charge in [0, 0.05) is 6.42 Å². The van der Waals surface area contributed by atoms with Crippen molar-refractivity contribution in [3.8, 4) is 0 Å². The van der Waals surface area contributed by atoms with Crippen molar-refractivity contribution in [3.05, 3.63) is 35.4 Å². The summed E-state index contributed by atoms with van der Waals surface area (Å²) in [5.41, 5.74) is 2.58. The lowest BCUT2D eigenvalue weighted by Gasteiger charge is -1.98. The van der Waals surface area contributed by atoms with Gasteiger partial charge in [-0.15, -0.1) is 0 Å². The number of aryl methyl sites for hydroxylation is 2. The average Bonchev–Trinajstić information content (AvgIpc) is 2.09. The van der Waals surface area contributed by atoms with Gasteiger partial charge in [0.15, 0.2) is 6.29 Å². The van der Waals surface area contributed by atoms with Crippen LogP contribution in [-0.2, 0) is 11.2 Å². The summed E-state index contributed by atoms with van der Waals surface area (Å²) in [4.78, 5) is 9.92. The van der Waals surface area contributed by atoms with Gasteiger partial charge < -0.3 is 0 Å². The molecular formula is C11H13O. The van der Waals surface area contributed by atoms with E-state index in [0.29, 0.717) is 6.42 Å². The zero-order valence-electron chi connectivity index (χ0n) is 7.34. The van der Waals surface area contributed by atoms with Crippen molar-refractivity contribution in [1.82, 2.24) is 0 Å². The highest BCUT2D eigenvalue weighted by atomic mass is 16.1. The van der Waals surface area contributed by atoms with Crippen LogP contribution < -0.4 is 0 Å². The molecule has 0 amide bonds. The molecule has 12 heavy (non-hydrogen) atoms. The van der Waals surface area contributed by atoms with Gasteiger partial charge in [-0.05, 0) is 25.3 Å². The van der Waals surface area contributed by atoms with E-state index < -0.39 is 0 Å². The molecule has 0 aliphatic carbocycles.